The number of benzene rings is 1. The summed E-state index contributed by atoms with van der Waals surface area (Å²) in [4.78, 5) is 0.958. The zero-order valence-corrected chi connectivity index (χ0v) is 13.2. The average Bonchev–Trinajstić information content (AvgIpc) is 2.67. The highest BCUT2D eigenvalue weighted by atomic mass is 79.9. The van der Waals surface area contributed by atoms with Crippen LogP contribution in [-0.2, 0) is 16.6 Å². The highest BCUT2D eigenvalue weighted by Gasteiger charge is 2.19. The van der Waals surface area contributed by atoms with E-state index >= 15 is 0 Å². The molecule has 1 N–H and O–H groups in total. The van der Waals surface area contributed by atoms with E-state index in [-0.39, 0.29) is 17.3 Å². The van der Waals surface area contributed by atoms with Gasteiger partial charge in [-0.3, -0.25) is 0 Å². The second-order valence-corrected chi connectivity index (χ2v) is 8.30. The second-order valence-electron chi connectivity index (χ2n) is 3.93. The van der Waals surface area contributed by atoms with Gasteiger partial charge in [0, 0.05) is 11.4 Å². The zero-order valence-electron chi connectivity index (χ0n) is 9.98. The third kappa shape index (κ3) is 3.62. The van der Waals surface area contributed by atoms with E-state index in [0.29, 0.717) is 10.4 Å². The molecule has 2 aromatic rings. The summed E-state index contributed by atoms with van der Waals surface area (Å²) in [5, 5.41) is 0. The van der Waals surface area contributed by atoms with Gasteiger partial charge in [-0.1, -0.05) is 12.1 Å². The van der Waals surface area contributed by atoms with Crippen molar-refractivity contribution in [2.24, 2.45) is 0 Å². The molecule has 1 aromatic heterocycles. The molecule has 7 heteroatoms. The van der Waals surface area contributed by atoms with Crippen molar-refractivity contribution in [2.45, 2.75) is 18.4 Å². The Bertz CT molecular complexity index is 698. The molecule has 0 unspecified atom stereocenters. The van der Waals surface area contributed by atoms with Crippen LogP contribution in [0.4, 0.5) is 4.39 Å². The molecule has 0 radical (unpaired) electrons. The topological polar surface area (TPSA) is 46.2 Å². The molecular formula is C12H11BrFNO2S2. The minimum atomic E-state index is -3.57. The number of sulfonamides is 1. The molecule has 3 nitrogen and oxygen atoms in total. The fraction of sp³-hybridized carbons (Fsp3) is 0.167. The Labute approximate surface area is 123 Å². The fourth-order valence-corrected chi connectivity index (χ4v) is 5.03. The van der Waals surface area contributed by atoms with Crippen molar-refractivity contribution < 1.29 is 12.8 Å². The molecule has 0 aliphatic carbocycles. The average molecular weight is 364 g/mol. The molecule has 1 heterocycles. The first-order valence-corrected chi connectivity index (χ1v) is 8.48. The normalized spacial score (nSPS) is 11.7. The lowest BCUT2D eigenvalue weighted by atomic mass is 10.2. The molecule has 19 heavy (non-hydrogen) atoms. The van der Waals surface area contributed by atoms with Crippen LogP contribution in [0.1, 0.15) is 10.4 Å². The third-order valence-electron chi connectivity index (χ3n) is 2.49. The lowest BCUT2D eigenvalue weighted by Gasteiger charge is -2.06. The second kappa shape index (κ2) is 5.70. The number of halogens is 2. The van der Waals surface area contributed by atoms with Gasteiger partial charge in [0.15, 0.2) is 0 Å². The monoisotopic (exact) mass is 363 g/mol. The van der Waals surface area contributed by atoms with Gasteiger partial charge < -0.3 is 0 Å². The largest absolute Gasteiger partial charge is 0.242 e. The fourth-order valence-electron chi connectivity index (χ4n) is 1.60. The lowest BCUT2D eigenvalue weighted by molar-refractivity contribution is 0.580. The summed E-state index contributed by atoms with van der Waals surface area (Å²) in [6.45, 7) is 1.80. The Morgan fingerprint density at radius 2 is 2.11 bits per heavy atom. The molecule has 0 saturated heterocycles. The lowest BCUT2D eigenvalue weighted by Crippen LogP contribution is -2.23. The van der Waals surface area contributed by atoms with Gasteiger partial charge >= 0.3 is 0 Å². The van der Waals surface area contributed by atoms with Crippen LogP contribution in [0, 0.1) is 12.7 Å². The van der Waals surface area contributed by atoms with Crippen LogP contribution in [-0.4, -0.2) is 8.42 Å². The van der Waals surface area contributed by atoms with E-state index in [1.807, 2.05) is 0 Å². The van der Waals surface area contributed by atoms with Crippen molar-refractivity contribution in [1.29, 1.82) is 0 Å². The predicted molar refractivity (Wildman–Crippen MR) is 77.2 cm³/mol. The maximum absolute atomic E-state index is 13.0. The van der Waals surface area contributed by atoms with Crippen molar-refractivity contribution >= 4 is 37.3 Å². The van der Waals surface area contributed by atoms with Crippen molar-refractivity contribution in [2.75, 3.05) is 0 Å². The van der Waals surface area contributed by atoms with E-state index in [1.54, 1.807) is 25.1 Å². The van der Waals surface area contributed by atoms with Crippen molar-refractivity contribution in [3.8, 4) is 0 Å². The molecule has 0 fully saturated rings. The van der Waals surface area contributed by atoms with Gasteiger partial charge in [0.1, 0.15) is 5.82 Å². The van der Waals surface area contributed by atoms with Crippen LogP contribution < -0.4 is 4.72 Å². The Kier molecular flexibility index (Phi) is 4.39. The summed E-state index contributed by atoms with van der Waals surface area (Å²) in [5.74, 6) is -0.383. The molecule has 1 aromatic carbocycles. The van der Waals surface area contributed by atoms with E-state index in [2.05, 4.69) is 20.7 Å². The predicted octanol–water partition coefficient (Wildman–Crippen LogP) is 3.44. The van der Waals surface area contributed by atoms with Gasteiger partial charge in [-0.15, -0.1) is 11.3 Å². The van der Waals surface area contributed by atoms with E-state index in [4.69, 9.17) is 0 Å². The molecule has 0 saturated carbocycles. The van der Waals surface area contributed by atoms with Crippen LogP contribution in [0.15, 0.2) is 39.0 Å². The molecule has 102 valence electrons. The van der Waals surface area contributed by atoms with Crippen LogP contribution in [0.25, 0.3) is 0 Å². The highest BCUT2D eigenvalue weighted by molar-refractivity contribution is 9.11. The summed E-state index contributed by atoms with van der Waals surface area (Å²) in [6, 6.07) is 7.40. The number of nitrogens with one attached hydrogen (secondary N) is 1. The summed E-state index contributed by atoms with van der Waals surface area (Å²) in [5.41, 5.74) is 0.579. The summed E-state index contributed by atoms with van der Waals surface area (Å²) < 4.78 is 40.4. The van der Waals surface area contributed by atoms with Crippen LogP contribution in [0.3, 0.4) is 0 Å². The summed E-state index contributed by atoms with van der Waals surface area (Å²) in [7, 11) is -3.57. The van der Waals surface area contributed by atoms with Gasteiger partial charge in [0.2, 0.25) is 10.0 Å². The van der Waals surface area contributed by atoms with Crippen LogP contribution >= 0.6 is 27.3 Å². The summed E-state index contributed by atoms with van der Waals surface area (Å²) >= 11 is 4.62. The molecule has 0 aliphatic heterocycles. The van der Waals surface area contributed by atoms with Crippen molar-refractivity contribution in [1.82, 2.24) is 4.72 Å². The standard InChI is InChI=1S/C12H11BrFNO2S2/c1-8-11(6-12(13)18-8)19(16,17)15-7-9-3-2-4-10(14)5-9/h2-6,15H,7H2,1H3. The molecule has 0 spiro atoms. The molecule has 0 aliphatic rings. The number of aryl methyl sites for hydroxylation is 1. The minimum Gasteiger partial charge on any atom is -0.207 e. The van der Waals surface area contributed by atoms with E-state index in [9.17, 15) is 12.8 Å². The third-order valence-corrected chi connectivity index (χ3v) is 5.70. The first-order valence-electron chi connectivity index (χ1n) is 5.38. The SMILES string of the molecule is Cc1sc(Br)cc1S(=O)(=O)NCc1cccc(F)c1. The van der Waals surface area contributed by atoms with Crippen LogP contribution in [0.2, 0.25) is 0 Å². The van der Waals surface area contributed by atoms with Gasteiger partial charge in [0.05, 0.1) is 8.68 Å². The Balaban J connectivity index is 2.16. The maximum Gasteiger partial charge on any atom is 0.242 e. The Morgan fingerprint density at radius 3 is 2.68 bits per heavy atom. The van der Waals surface area contributed by atoms with Gasteiger partial charge in [-0.25, -0.2) is 17.5 Å². The van der Waals surface area contributed by atoms with Gasteiger partial charge in [-0.05, 0) is 46.6 Å². The van der Waals surface area contributed by atoms with Crippen LogP contribution in [0.5, 0.6) is 0 Å². The molecule has 0 atom stereocenters. The van der Waals surface area contributed by atoms with Crippen molar-refractivity contribution in [3.05, 3.63) is 50.4 Å². The number of thiophene rings is 1. The van der Waals surface area contributed by atoms with Gasteiger partial charge in [0.25, 0.3) is 0 Å². The maximum atomic E-state index is 13.0. The molecule has 0 bridgehead atoms. The molecular weight excluding hydrogens is 353 g/mol. The number of rotatable bonds is 4. The first-order chi connectivity index (χ1) is 8.88. The van der Waals surface area contributed by atoms with E-state index < -0.39 is 10.0 Å². The highest BCUT2D eigenvalue weighted by Crippen LogP contribution is 2.29. The number of hydrogen-bond acceptors (Lipinski definition) is 3. The van der Waals surface area contributed by atoms with Crippen molar-refractivity contribution in [3.63, 3.8) is 0 Å². The number of hydrogen-bond donors (Lipinski definition) is 1. The Hall–Kier alpha value is -0.760. The smallest absolute Gasteiger partial charge is 0.207 e. The van der Waals surface area contributed by atoms with E-state index in [0.717, 1.165) is 3.79 Å². The molecule has 0 amide bonds. The van der Waals surface area contributed by atoms with Gasteiger partial charge in [-0.2, -0.15) is 0 Å². The Morgan fingerprint density at radius 1 is 1.37 bits per heavy atom. The minimum absolute atomic E-state index is 0.0625. The zero-order chi connectivity index (χ0) is 14.0. The quantitative estimate of drug-likeness (QED) is 0.904. The first kappa shape index (κ1) is 14.6. The van der Waals surface area contributed by atoms with E-state index in [1.165, 1.54) is 23.5 Å². The molecule has 2 rings (SSSR count). The summed E-state index contributed by atoms with van der Waals surface area (Å²) in [6.07, 6.45) is 0.